The average Bonchev–Trinajstić information content (AvgIpc) is 2.87. The summed E-state index contributed by atoms with van der Waals surface area (Å²) in [5.41, 5.74) is 2.98. The predicted octanol–water partition coefficient (Wildman–Crippen LogP) is -4.56. The summed E-state index contributed by atoms with van der Waals surface area (Å²) in [5, 5.41) is 0. The fourth-order valence-electron chi connectivity index (χ4n) is 2.69. The van der Waals surface area contributed by atoms with Gasteiger partial charge in [0.25, 0.3) is 0 Å². The SMILES string of the molecule is CCC(CC)(C1=[C-]CC=C1)c1ccccc1.[Cl-].[Cl-].[Cl-].[V+4]. The molecule has 0 N–H and O–H groups in total. The molecule has 20 heavy (non-hydrogen) atoms. The number of rotatable bonds is 4. The van der Waals surface area contributed by atoms with Crippen LogP contribution >= 0.6 is 0 Å². The fraction of sp³-hybridized carbons (Fsp3) is 0.375. The predicted molar refractivity (Wildman–Crippen MR) is 69.2 cm³/mol. The number of hydrogen-bond donors (Lipinski definition) is 0. The van der Waals surface area contributed by atoms with Gasteiger partial charge in [0.05, 0.1) is 0 Å². The van der Waals surface area contributed by atoms with Crippen molar-refractivity contribution in [2.45, 2.75) is 38.5 Å². The van der Waals surface area contributed by atoms with Crippen LogP contribution in [0.3, 0.4) is 0 Å². The molecule has 0 spiro atoms. The molecule has 0 bridgehead atoms. The number of allylic oxidation sites excluding steroid dienone is 4. The minimum atomic E-state index is 0. The van der Waals surface area contributed by atoms with E-state index in [-0.39, 0.29) is 61.2 Å². The molecule has 0 fully saturated rings. The van der Waals surface area contributed by atoms with Gasteiger partial charge in [0.15, 0.2) is 0 Å². The van der Waals surface area contributed by atoms with Gasteiger partial charge in [0.2, 0.25) is 0 Å². The van der Waals surface area contributed by atoms with E-state index in [9.17, 15) is 0 Å². The first-order chi connectivity index (χ1) is 7.83. The van der Waals surface area contributed by atoms with E-state index in [0.717, 1.165) is 19.3 Å². The van der Waals surface area contributed by atoms with Crippen molar-refractivity contribution in [3.8, 4) is 0 Å². The molecule has 4 heteroatoms. The molecule has 0 saturated heterocycles. The van der Waals surface area contributed by atoms with Gasteiger partial charge in [-0.05, 0) is 23.8 Å². The first-order valence-electron chi connectivity index (χ1n) is 6.17. The molecule has 0 aliphatic heterocycles. The van der Waals surface area contributed by atoms with Gasteiger partial charge < -0.3 is 37.2 Å². The Balaban J connectivity index is -0.000000722. The zero-order chi connectivity index (χ0) is 11.4. The van der Waals surface area contributed by atoms with Crippen molar-refractivity contribution < 1.29 is 55.8 Å². The minimum absolute atomic E-state index is 0. The molecule has 109 valence electrons. The first-order valence-corrected chi connectivity index (χ1v) is 6.17. The summed E-state index contributed by atoms with van der Waals surface area (Å²) >= 11 is 0. The molecule has 1 aliphatic carbocycles. The van der Waals surface area contributed by atoms with Crippen LogP contribution in [0.15, 0.2) is 48.1 Å². The van der Waals surface area contributed by atoms with Crippen LogP contribution in [0.25, 0.3) is 0 Å². The van der Waals surface area contributed by atoms with Gasteiger partial charge in [-0.15, -0.1) is 6.42 Å². The monoisotopic (exact) mass is 367 g/mol. The Morgan fingerprint density at radius 2 is 1.55 bits per heavy atom. The Labute approximate surface area is 153 Å². The van der Waals surface area contributed by atoms with E-state index in [1.807, 2.05) is 0 Å². The van der Waals surface area contributed by atoms with E-state index in [4.69, 9.17) is 0 Å². The van der Waals surface area contributed by atoms with Gasteiger partial charge in [0.1, 0.15) is 0 Å². The molecule has 1 aromatic rings. The maximum atomic E-state index is 3.50. The van der Waals surface area contributed by atoms with Gasteiger partial charge in [-0.25, -0.2) is 11.6 Å². The second-order valence-electron chi connectivity index (χ2n) is 4.35. The molecule has 0 aromatic heterocycles. The molecule has 0 nitrogen and oxygen atoms in total. The van der Waals surface area contributed by atoms with Crippen molar-refractivity contribution in [1.82, 2.24) is 0 Å². The quantitative estimate of drug-likeness (QED) is 0.470. The Morgan fingerprint density at radius 1 is 1.00 bits per heavy atom. The summed E-state index contributed by atoms with van der Waals surface area (Å²) in [6.45, 7) is 4.55. The zero-order valence-corrected chi connectivity index (χ0v) is 15.4. The molecule has 1 radical (unpaired) electrons. The maximum absolute atomic E-state index is 3.50. The third kappa shape index (κ3) is 4.86. The molecular weight excluding hydrogens is 349 g/mol. The normalized spacial score (nSPS) is 12.2. The van der Waals surface area contributed by atoms with E-state index < -0.39 is 0 Å². The summed E-state index contributed by atoms with van der Waals surface area (Å²) in [4.78, 5) is 0. The molecule has 0 saturated carbocycles. The summed E-state index contributed by atoms with van der Waals surface area (Å²) in [6, 6.07) is 10.8. The van der Waals surface area contributed by atoms with E-state index in [1.165, 1.54) is 11.1 Å². The van der Waals surface area contributed by atoms with E-state index >= 15 is 0 Å². The third-order valence-electron chi connectivity index (χ3n) is 3.74. The van der Waals surface area contributed by atoms with Crippen molar-refractivity contribution in [3.63, 3.8) is 0 Å². The summed E-state index contributed by atoms with van der Waals surface area (Å²) in [7, 11) is 0. The van der Waals surface area contributed by atoms with Gasteiger partial charge in [-0.2, -0.15) is 6.08 Å². The van der Waals surface area contributed by atoms with E-state index in [0.29, 0.717) is 0 Å². The molecule has 0 unspecified atom stereocenters. The molecule has 0 amide bonds. The number of benzene rings is 1. The largest absolute Gasteiger partial charge is 4.00 e. The van der Waals surface area contributed by atoms with Crippen LogP contribution in [0.5, 0.6) is 0 Å². The molecule has 0 heterocycles. The number of halogens is 3. The molecule has 0 atom stereocenters. The molecule has 2 rings (SSSR count). The molecule has 1 aliphatic rings. The molecule has 1 aromatic carbocycles. The number of hydrogen-bond acceptors (Lipinski definition) is 0. The zero-order valence-electron chi connectivity index (χ0n) is 11.7. The molecular formula is C16H19Cl3V. The van der Waals surface area contributed by atoms with Crippen molar-refractivity contribution in [2.75, 3.05) is 0 Å². The van der Waals surface area contributed by atoms with Crippen molar-refractivity contribution >= 4 is 0 Å². The second-order valence-corrected chi connectivity index (χ2v) is 4.35. The van der Waals surface area contributed by atoms with Crippen LogP contribution in [-0.4, -0.2) is 0 Å². The van der Waals surface area contributed by atoms with Crippen LogP contribution in [0.4, 0.5) is 0 Å². The average molecular weight is 369 g/mol. The third-order valence-corrected chi connectivity index (χ3v) is 3.74. The van der Waals surface area contributed by atoms with Crippen LogP contribution in [-0.2, 0) is 24.0 Å². The van der Waals surface area contributed by atoms with Crippen LogP contribution in [0, 0.1) is 6.08 Å². The Hall–Kier alpha value is 0.154. The topological polar surface area (TPSA) is 0 Å². The maximum Gasteiger partial charge on any atom is 4.00 e. The standard InChI is InChI=1S/C16H19.3ClH.V/c1-3-16(4-2,15-12-8-9-13-15)14-10-6-5-7-11-14;;;;/h5-8,10-12H,3-4,9H2,1-2H3;3*1H;/q-1;;;;+4/p-3. The van der Waals surface area contributed by atoms with Gasteiger partial charge in [0, 0.05) is 0 Å². The van der Waals surface area contributed by atoms with Gasteiger partial charge in [-0.3, -0.25) is 6.08 Å². The van der Waals surface area contributed by atoms with Crippen LogP contribution in [0.2, 0.25) is 0 Å². The Kier molecular flexibility index (Phi) is 14.8. The Morgan fingerprint density at radius 3 is 1.95 bits per heavy atom. The van der Waals surface area contributed by atoms with Crippen molar-refractivity contribution in [3.05, 3.63) is 59.7 Å². The van der Waals surface area contributed by atoms with Gasteiger partial charge >= 0.3 is 18.6 Å². The van der Waals surface area contributed by atoms with Crippen molar-refractivity contribution in [2.24, 2.45) is 0 Å². The van der Waals surface area contributed by atoms with Crippen molar-refractivity contribution in [1.29, 1.82) is 0 Å². The summed E-state index contributed by atoms with van der Waals surface area (Å²) in [5.74, 6) is 0. The second kappa shape index (κ2) is 11.8. The Bertz CT molecular complexity index is 409. The first kappa shape index (κ1) is 25.1. The summed E-state index contributed by atoms with van der Waals surface area (Å²) in [6.07, 6.45) is 11.2. The summed E-state index contributed by atoms with van der Waals surface area (Å²) < 4.78 is 0. The fourth-order valence-corrected chi connectivity index (χ4v) is 2.69. The van der Waals surface area contributed by atoms with Gasteiger partial charge in [-0.1, -0.05) is 44.2 Å². The minimum Gasteiger partial charge on any atom is -1.00 e. The van der Waals surface area contributed by atoms with Crippen LogP contribution in [0.1, 0.15) is 38.7 Å². The van der Waals surface area contributed by atoms with E-state index in [1.54, 1.807) is 0 Å². The smallest absolute Gasteiger partial charge is 1.00 e. The van der Waals surface area contributed by atoms with E-state index in [2.05, 4.69) is 62.4 Å². The van der Waals surface area contributed by atoms with Crippen LogP contribution < -0.4 is 37.2 Å².